The van der Waals surface area contributed by atoms with Crippen LogP contribution in [0.1, 0.15) is 19.8 Å². The average molecular weight is 253 g/mol. The van der Waals surface area contributed by atoms with E-state index < -0.39 is 0 Å². The summed E-state index contributed by atoms with van der Waals surface area (Å²) in [6.07, 6.45) is 10.2. The topological polar surface area (TPSA) is 27.1 Å². The number of allylic oxidation sites excluding steroid dienone is 4. The van der Waals surface area contributed by atoms with Crippen LogP contribution in [-0.4, -0.2) is 10.6 Å². The lowest BCUT2D eigenvalue weighted by atomic mass is 10.1. The second-order valence-corrected chi connectivity index (χ2v) is 4.80. The Morgan fingerprint density at radius 2 is 2.36 bits per heavy atom. The van der Waals surface area contributed by atoms with E-state index in [0.29, 0.717) is 18.1 Å². The van der Waals surface area contributed by atoms with Crippen molar-refractivity contribution in [1.82, 2.24) is 4.90 Å². The predicted molar refractivity (Wildman–Crippen MR) is 62.2 cm³/mol. The molecule has 1 N–H and O–H groups in total. The summed E-state index contributed by atoms with van der Waals surface area (Å²) in [6, 6.07) is 0. The highest BCUT2D eigenvalue weighted by molar-refractivity contribution is 9.11. The summed E-state index contributed by atoms with van der Waals surface area (Å²) in [7, 11) is 0. The molecule has 3 heteroatoms. The van der Waals surface area contributed by atoms with Crippen molar-refractivity contribution in [2.75, 3.05) is 0 Å². The van der Waals surface area contributed by atoms with Crippen molar-refractivity contribution in [2.45, 2.75) is 19.8 Å². The molecule has 0 saturated carbocycles. The molecule has 0 aromatic rings. The van der Waals surface area contributed by atoms with Crippen LogP contribution in [0, 0.1) is 11.3 Å². The molecule has 2 rings (SSSR count). The molecule has 2 aliphatic heterocycles. The lowest BCUT2D eigenvalue weighted by Gasteiger charge is -2.24. The first kappa shape index (κ1) is 9.71. The van der Waals surface area contributed by atoms with Gasteiger partial charge in [-0.05, 0) is 12.3 Å². The average Bonchev–Trinajstić information content (AvgIpc) is 2.28. The Balaban J connectivity index is 2.38. The van der Waals surface area contributed by atoms with Crippen LogP contribution in [0.4, 0.5) is 0 Å². The number of nitrogens with zero attached hydrogens (tertiary/aromatic N) is 1. The van der Waals surface area contributed by atoms with Gasteiger partial charge in [-0.15, -0.1) is 0 Å². The van der Waals surface area contributed by atoms with Gasteiger partial charge in [0.25, 0.3) is 0 Å². The summed E-state index contributed by atoms with van der Waals surface area (Å²) in [5.41, 5.74) is 1.73. The Morgan fingerprint density at radius 3 is 3.14 bits per heavy atom. The van der Waals surface area contributed by atoms with Gasteiger partial charge < -0.3 is 10.3 Å². The molecule has 0 aliphatic carbocycles. The zero-order valence-corrected chi connectivity index (χ0v) is 9.71. The van der Waals surface area contributed by atoms with Gasteiger partial charge in [0.1, 0.15) is 0 Å². The van der Waals surface area contributed by atoms with Gasteiger partial charge >= 0.3 is 0 Å². The highest BCUT2D eigenvalue weighted by Crippen LogP contribution is 2.27. The van der Waals surface area contributed by atoms with Gasteiger partial charge in [0, 0.05) is 23.3 Å². The van der Waals surface area contributed by atoms with Crippen molar-refractivity contribution >= 4 is 21.6 Å². The number of hydrogen-bond acceptors (Lipinski definition) is 2. The lowest BCUT2D eigenvalue weighted by Crippen LogP contribution is -2.21. The monoisotopic (exact) mass is 252 g/mol. The molecule has 0 aromatic carbocycles. The summed E-state index contributed by atoms with van der Waals surface area (Å²) in [4.78, 5) is 2.03. The second-order valence-electron chi connectivity index (χ2n) is 3.78. The fraction of sp³-hybridized carbons (Fsp3) is 0.364. The third-order valence-electron chi connectivity index (χ3n) is 2.47. The van der Waals surface area contributed by atoms with Crippen molar-refractivity contribution in [3.63, 3.8) is 0 Å². The van der Waals surface area contributed by atoms with E-state index in [1.54, 1.807) is 0 Å². The number of fused-ring (bicyclic) bond motifs is 1. The smallest absolute Gasteiger partial charge is 0.0622 e. The van der Waals surface area contributed by atoms with Crippen LogP contribution in [0.2, 0.25) is 0 Å². The highest BCUT2D eigenvalue weighted by Gasteiger charge is 2.19. The fourth-order valence-electron chi connectivity index (χ4n) is 1.65. The van der Waals surface area contributed by atoms with E-state index in [-0.39, 0.29) is 0 Å². The van der Waals surface area contributed by atoms with Gasteiger partial charge in [-0.1, -0.05) is 35.0 Å². The van der Waals surface area contributed by atoms with Crippen molar-refractivity contribution in [2.24, 2.45) is 5.92 Å². The van der Waals surface area contributed by atoms with Gasteiger partial charge in [-0.3, -0.25) is 0 Å². The molecule has 0 aromatic heterocycles. The van der Waals surface area contributed by atoms with E-state index in [1.807, 2.05) is 11.1 Å². The van der Waals surface area contributed by atoms with Crippen LogP contribution in [0.15, 0.2) is 34.7 Å². The molecule has 2 aliphatic rings. The minimum Gasteiger partial charge on any atom is -0.322 e. The zero-order valence-electron chi connectivity index (χ0n) is 8.13. The maximum Gasteiger partial charge on any atom is 0.0622 e. The molecule has 0 radical (unpaired) electrons. The van der Waals surface area contributed by atoms with E-state index >= 15 is 0 Å². The van der Waals surface area contributed by atoms with Gasteiger partial charge in [0.2, 0.25) is 0 Å². The molecule has 1 unspecified atom stereocenters. The Labute approximate surface area is 92.6 Å². The number of nitrogens with one attached hydrogen (secondary N) is 1. The molecule has 2 heterocycles. The van der Waals surface area contributed by atoms with E-state index in [4.69, 9.17) is 5.41 Å². The molecule has 0 spiro atoms. The van der Waals surface area contributed by atoms with Crippen LogP contribution in [0.5, 0.6) is 0 Å². The van der Waals surface area contributed by atoms with E-state index in [2.05, 4.69) is 41.2 Å². The molecular formula is C11H13BrN2. The van der Waals surface area contributed by atoms with Crippen LogP contribution < -0.4 is 0 Å². The fourth-order valence-corrected chi connectivity index (χ4v) is 2.15. The van der Waals surface area contributed by atoms with E-state index in [0.717, 1.165) is 16.6 Å². The van der Waals surface area contributed by atoms with Gasteiger partial charge in [-0.25, -0.2) is 0 Å². The zero-order chi connectivity index (χ0) is 10.1. The largest absolute Gasteiger partial charge is 0.322 e. The summed E-state index contributed by atoms with van der Waals surface area (Å²) in [6.45, 7) is 2.19. The second kappa shape index (κ2) is 3.73. The van der Waals surface area contributed by atoms with Crippen molar-refractivity contribution in [3.05, 3.63) is 34.7 Å². The van der Waals surface area contributed by atoms with Crippen LogP contribution in [0.3, 0.4) is 0 Å². The third-order valence-corrected chi connectivity index (χ3v) is 2.96. The first-order valence-corrected chi connectivity index (χ1v) is 5.57. The molecular weight excluding hydrogens is 240 g/mol. The molecule has 0 fully saturated rings. The first-order valence-electron chi connectivity index (χ1n) is 4.77. The van der Waals surface area contributed by atoms with Crippen molar-refractivity contribution < 1.29 is 0 Å². The van der Waals surface area contributed by atoms with Crippen molar-refractivity contribution in [1.29, 1.82) is 5.41 Å². The van der Waals surface area contributed by atoms with Gasteiger partial charge in [0.15, 0.2) is 0 Å². The Kier molecular flexibility index (Phi) is 2.59. The summed E-state index contributed by atoms with van der Waals surface area (Å²) in [5.74, 6) is 0.563. The lowest BCUT2D eigenvalue weighted by molar-refractivity contribution is 0.644. The van der Waals surface area contributed by atoms with Crippen LogP contribution >= 0.6 is 15.9 Å². The minimum atomic E-state index is 0.563. The Bertz CT molecular complexity index is 352. The summed E-state index contributed by atoms with van der Waals surface area (Å²) >= 11 is 3.45. The van der Waals surface area contributed by atoms with E-state index in [1.165, 1.54) is 0 Å². The van der Waals surface area contributed by atoms with E-state index in [9.17, 15) is 0 Å². The molecule has 0 amide bonds. The summed E-state index contributed by atoms with van der Waals surface area (Å²) < 4.78 is 1.07. The highest BCUT2D eigenvalue weighted by atomic mass is 79.9. The Hall–Kier alpha value is -0.830. The van der Waals surface area contributed by atoms with Crippen LogP contribution in [0.25, 0.3) is 0 Å². The molecule has 2 nitrogen and oxygen atoms in total. The maximum absolute atomic E-state index is 7.89. The van der Waals surface area contributed by atoms with Gasteiger partial charge in [-0.2, -0.15) is 0 Å². The molecule has 1 atom stereocenters. The first-order chi connectivity index (χ1) is 6.66. The molecule has 14 heavy (non-hydrogen) atoms. The molecule has 74 valence electrons. The SMILES string of the molecule is CC1C=CN2C=C(Br)CC(=N)C2=CC1. The number of rotatable bonds is 0. The van der Waals surface area contributed by atoms with Gasteiger partial charge in [0.05, 0.1) is 11.4 Å². The van der Waals surface area contributed by atoms with Crippen LogP contribution in [-0.2, 0) is 0 Å². The standard InChI is InChI=1S/C11H13BrN2/c1-8-2-3-11-10(13)6-9(12)7-14(11)5-4-8/h3-5,7-8,13H,2,6H2,1H3. The quantitative estimate of drug-likeness (QED) is 0.703. The molecule has 0 saturated heterocycles. The maximum atomic E-state index is 7.89. The Morgan fingerprint density at radius 1 is 1.57 bits per heavy atom. The normalized spacial score (nSPS) is 26.6. The number of halogens is 1. The third kappa shape index (κ3) is 1.82. The minimum absolute atomic E-state index is 0.563. The molecule has 0 bridgehead atoms. The summed E-state index contributed by atoms with van der Waals surface area (Å²) in [5, 5.41) is 7.89. The van der Waals surface area contributed by atoms with Crippen molar-refractivity contribution in [3.8, 4) is 0 Å². The number of hydrogen-bond donors (Lipinski definition) is 1. The predicted octanol–water partition coefficient (Wildman–Crippen LogP) is 3.39.